The topological polar surface area (TPSA) is 31.9 Å². The fourth-order valence-electron chi connectivity index (χ4n) is 3.24. The van der Waals surface area contributed by atoms with Crippen LogP contribution in [0.25, 0.3) is 21.8 Å². The molecule has 0 aliphatic heterocycles. The highest BCUT2D eigenvalue weighted by Crippen LogP contribution is 2.21. The minimum Gasteiger partial charge on any atom is -0.361 e. The van der Waals surface area contributed by atoms with E-state index < -0.39 is 0 Å². The van der Waals surface area contributed by atoms with Crippen molar-refractivity contribution in [3.8, 4) is 0 Å². The quantitative estimate of drug-likeness (QED) is 0.577. The van der Waals surface area contributed by atoms with Gasteiger partial charge in [0.25, 0.3) is 0 Å². The highest BCUT2D eigenvalue weighted by Gasteiger charge is 2.09. The van der Waals surface area contributed by atoms with Crippen molar-refractivity contribution in [3.05, 3.63) is 78.1 Å². The van der Waals surface area contributed by atoms with Crippen LogP contribution < -0.4 is 0 Å². The molecule has 0 aliphatic carbocycles. The second-order valence-corrected chi connectivity index (χ2v) is 6.20. The van der Waals surface area contributed by atoms with E-state index >= 15 is 0 Å². The van der Waals surface area contributed by atoms with Crippen LogP contribution in [0.1, 0.15) is 18.1 Å². The molecule has 2 heterocycles. The molecule has 120 valence electrons. The Bertz CT molecular complexity index is 971. The maximum atomic E-state index is 4.58. The highest BCUT2D eigenvalue weighted by molar-refractivity contribution is 5.83. The zero-order valence-corrected chi connectivity index (χ0v) is 13.9. The number of rotatable bonds is 5. The molecule has 4 rings (SSSR count). The second-order valence-electron chi connectivity index (χ2n) is 6.20. The number of fused-ring (bicyclic) bond motifs is 2. The number of nitrogens with one attached hydrogen (secondary N) is 1. The molecule has 0 saturated heterocycles. The molecule has 2 aromatic carbocycles. The van der Waals surface area contributed by atoms with E-state index in [0.717, 1.165) is 25.2 Å². The lowest BCUT2D eigenvalue weighted by atomic mass is 10.1. The van der Waals surface area contributed by atoms with Crippen LogP contribution in [-0.2, 0) is 13.1 Å². The number of aromatic amines is 1. The van der Waals surface area contributed by atoms with Gasteiger partial charge in [-0.15, -0.1) is 0 Å². The van der Waals surface area contributed by atoms with Gasteiger partial charge < -0.3 is 4.98 Å². The minimum absolute atomic E-state index is 0.911. The van der Waals surface area contributed by atoms with Crippen molar-refractivity contribution in [2.75, 3.05) is 6.54 Å². The van der Waals surface area contributed by atoms with Crippen LogP contribution in [-0.4, -0.2) is 21.4 Å². The van der Waals surface area contributed by atoms with Gasteiger partial charge in [-0.3, -0.25) is 9.88 Å². The lowest BCUT2D eigenvalue weighted by Crippen LogP contribution is -2.22. The summed E-state index contributed by atoms with van der Waals surface area (Å²) in [6, 6.07) is 19.0. The van der Waals surface area contributed by atoms with Crippen LogP contribution in [0.3, 0.4) is 0 Å². The predicted octanol–water partition coefficient (Wildman–Crippen LogP) is 4.74. The first-order chi connectivity index (χ1) is 11.8. The van der Waals surface area contributed by atoms with E-state index in [-0.39, 0.29) is 0 Å². The molecule has 0 amide bonds. The first-order valence-corrected chi connectivity index (χ1v) is 8.44. The minimum atomic E-state index is 0.911. The number of hydrogen-bond acceptors (Lipinski definition) is 2. The summed E-state index contributed by atoms with van der Waals surface area (Å²) in [6.07, 6.45) is 4.13. The van der Waals surface area contributed by atoms with E-state index in [1.165, 1.54) is 27.4 Å². The lowest BCUT2D eigenvalue weighted by Gasteiger charge is -2.20. The van der Waals surface area contributed by atoms with Crippen molar-refractivity contribution < 1.29 is 0 Å². The van der Waals surface area contributed by atoms with E-state index in [0.29, 0.717) is 0 Å². The Hall–Kier alpha value is -2.65. The smallest absolute Gasteiger partial charge is 0.0702 e. The summed E-state index contributed by atoms with van der Waals surface area (Å²) in [7, 11) is 0. The standard InChI is InChI=1S/C21H21N3/c1-2-24(15-18-13-23-21-10-6-4-8-19(18)21)14-16-11-17-7-3-5-9-20(17)22-12-16/h3-13,23H,2,14-15H2,1H3. The van der Waals surface area contributed by atoms with Crippen molar-refractivity contribution in [1.82, 2.24) is 14.9 Å². The SMILES string of the molecule is CCN(Cc1cnc2ccccc2c1)Cc1c[nH]c2ccccc12. The fraction of sp³-hybridized carbons (Fsp3) is 0.190. The van der Waals surface area contributed by atoms with Crippen LogP contribution >= 0.6 is 0 Å². The molecule has 3 nitrogen and oxygen atoms in total. The zero-order chi connectivity index (χ0) is 16.4. The van der Waals surface area contributed by atoms with Gasteiger partial charge in [-0.2, -0.15) is 0 Å². The van der Waals surface area contributed by atoms with Crippen LogP contribution in [0.15, 0.2) is 67.0 Å². The molecule has 24 heavy (non-hydrogen) atoms. The first kappa shape index (κ1) is 14.9. The molecule has 0 atom stereocenters. The third-order valence-electron chi connectivity index (χ3n) is 4.57. The van der Waals surface area contributed by atoms with Gasteiger partial charge in [0.05, 0.1) is 5.52 Å². The largest absolute Gasteiger partial charge is 0.361 e. The maximum Gasteiger partial charge on any atom is 0.0702 e. The van der Waals surface area contributed by atoms with Crippen molar-refractivity contribution in [2.45, 2.75) is 20.0 Å². The van der Waals surface area contributed by atoms with E-state index in [1.807, 2.05) is 12.3 Å². The van der Waals surface area contributed by atoms with Crippen molar-refractivity contribution in [2.24, 2.45) is 0 Å². The van der Waals surface area contributed by atoms with E-state index in [4.69, 9.17) is 0 Å². The Morgan fingerprint density at radius 1 is 1.00 bits per heavy atom. The summed E-state index contributed by atoms with van der Waals surface area (Å²) in [5.41, 5.74) is 4.87. The van der Waals surface area contributed by atoms with Gasteiger partial charge in [-0.1, -0.05) is 43.3 Å². The number of para-hydroxylation sites is 2. The normalized spacial score (nSPS) is 11.6. The monoisotopic (exact) mass is 315 g/mol. The summed E-state index contributed by atoms with van der Waals surface area (Å²) < 4.78 is 0. The number of benzene rings is 2. The molecule has 3 heteroatoms. The third kappa shape index (κ3) is 2.91. The molecule has 0 spiro atoms. The Kier molecular flexibility index (Phi) is 4.01. The molecule has 2 aromatic heterocycles. The molecular formula is C21H21N3. The van der Waals surface area contributed by atoms with Gasteiger partial charge in [0, 0.05) is 41.8 Å². The van der Waals surface area contributed by atoms with E-state index in [9.17, 15) is 0 Å². The average molecular weight is 315 g/mol. The number of aromatic nitrogens is 2. The molecule has 0 fully saturated rings. The lowest BCUT2D eigenvalue weighted by molar-refractivity contribution is 0.272. The van der Waals surface area contributed by atoms with Gasteiger partial charge in [0.1, 0.15) is 0 Å². The van der Waals surface area contributed by atoms with Crippen LogP contribution in [0.5, 0.6) is 0 Å². The Balaban J connectivity index is 1.56. The molecule has 0 unspecified atom stereocenters. The summed E-state index contributed by atoms with van der Waals surface area (Å²) >= 11 is 0. The van der Waals surface area contributed by atoms with E-state index in [2.05, 4.69) is 76.5 Å². The van der Waals surface area contributed by atoms with Crippen LogP contribution in [0.4, 0.5) is 0 Å². The van der Waals surface area contributed by atoms with Gasteiger partial charge in [0.15, 0.2) is 0 Å². The van der Waals surface area contributed by atoms with Gasteiger partial charge in [-0.05, 0) is 35.9 Å². The molecule has 1 N–H and O–H groups in total. The van der Waals surface area contributed by atoms with Gasteiger partial charge in [-0.25, -0.2) is 0 Å². The number of hydrogen-bond donors (Lipinski definition) is 1. The van der Waals surface area contributed by atoms with Gasteiger partial charge in [0.2, 0.25) is 0 Å². The van der Waals surface area contributed by atoms with Crippen LogP contribution in [0.2, 0.25) is 0 Å². The molecule has 0 aliphatic rings. The summed E-state index contributed by atoms with van der Waals surface area (Å²) in [5, 5.41) is 2.52. The number of H-pyrrole nitrogens is 1. The zero-order valence-electron chi connectivity index (χ0n) is 13.9. The molecule has 0 saturated carbocycles. The average Bonchev–Trinajstić information content (AvgIpc) is 3.04. The van der Waals surface area contributed by atoms with Gasteiger partial charge >= 0.3 is 0 Å². The highest BCUT2D eigenvalue weighted by atomic mass is 15.1. The fourth-order valence-corrected chi connectivity index (χ4v) is 3.24. The van der Waals surface area contributed by atoms with Crippen molar-refractivity contribution >= 4 is 21.8 Å². The predicted molar refractivity (Wildman–Crippen MR) is 99.8 cm³/mol. The third-order valence-corrected chi connectivity index (χ3v) is 4.57. The number of nitrogens with zero attached hydrogens (tertiary/aromatic N) is 2. The summed E-state index contributed by atoms with van der Waals surface area (Å²) in [6.45, 7) is 5.07. The Morgan fingerprint density at radius 2 is 1.83 bits per heavy atom. The molecular weight excluding hydrogens is 294 g/mol. The molecule has 0 bridgehead atoms. The summed E-state index contributed by atoms with van der Waals surface area (Å²) in [5.74, 6) is 0. The van der Waals surface area contributed by atoms with Crippen molar-refractivity contribution in [3.63, 3.8) is 0 Å². The number of pyridine rings is 1. The first-order valence-electron chi connectivity index (χ1n) is 8.44. The molecule has 4 aromatic rings. The van der Waals surface area contributed by atoms with E-state index in [1.54, 1.807) is 0 Å². The molecule has 0 radical (unpaired) electrons. The maximum absolute atomic E-state index is 4.58. The van der Waals surface area contributed by atoms with Crippen molar-refractivity contribution in [1.29, 1.82) is 0 Å². The second kappa shape index (κ2) is 6.46. The van der Waals surface area contributed by atoms with Crippen LogP contribution in [0, 0.1) is 0 Å². The Labute approximate surface area is 142 Å². The summed E-state index contributed by atoms with van der Waals surface area (Å²) in [4.78, 5) is 10.4. The Morgan fingerprint density at radius 3 is 2.75 bits per heavy atom.